The molecule has 0 aromatic carbocycles. The molecule has 0 spiro atoms. The summed E-state index contributed by atoms with van der Waals surface area (Å²) in [5, 5.41) is 9.82. The van der Waals surface area contributed by atoms with Crippen LogP contribution in [0.2, 0.25) is 5.02 Å². The molecule has 8 heteroatoms. The number of nitro groups is 1. The highest BCUT2D eigenvalue weighted by Gasteiger charge is 2.21. The second-order valence-corrected chi connectivity index (χ2v) is 2.72. The number of pyridine rings is 1. The molecule has 1 heterocycles. The first-order chi connectivity index (χ1) is 6.43. The highest BCUT2D eigenvalue weighted by molar-refractivity contribution is 6.31. The van der Waals surface area contributed by atoms with Gasteiger partial charge in [0.25, 0.3) is 6.43 Å². The summed E-state index contributed by atoms with van der Waals surface area (Å²) in [5.74, 6) is -0.574. The van der Waals surface area contributed by atoms with Crippen molar-refractivity contribution in [3.8, 4) is 0 Å². The Balaban J connectivity index is 3.31. The molecule has 5 nitrogen and oxygen atoms in total. The summed E-state index contributed by atoms with van der Waals surface area (Å²) in [6.07, 6.45) is -2.91. The zero-order valence-electron chi connectivity index (χ0n) is 6.58. The quantitative estimate of drug-likeness (QED) is 0.615. The summed E-state index contributed by atoms with van der Waals surface area (Å²) in [6, 6.07) is 0.755. The molecule has 0 amide bonds. The van der Waals surface area contributed by atoms with Crippen molar-refractivity contribution in [2.45, 2.75) is 6.43 Å². The van der Waals surface area contributed by atoms with Gasteiger partial charge in [-0.3, -0.25) is 10.1 Å². The number of aromatic nitrogens is 1. The van der Waals surface area contributed by atoms with Crippen LogP contribution in [0.4, 0.5) is 20.3 Å². The van der Waals surface area contributed by atoms with E-state index in [0.29, 0.717) is 0 Å². The zero-order valence-corrected chi connectivity index (χ0v) is 7.33. The molecule has 0 saturated heterocycles. The average molecular weight is 224 g/mol. The van der Waals surface area contributed by atoms with Crippen molar-refractivity contribution in [1.82, 2.24) is 4.98 Å². The van der Waals surface area contributed by atoms with Crippen LogP contribution in [0.1, 0.15) is 12.1 Å². The number of halogens is 3. The average Bonchev–Trinajstić information content (AvgIpc) is 2.07. The second-order valence-electron chi connectivity index (χ2n) is 2.32. The van der Waals surface area contributed by atoms with Crippen LogP contribution in [0.15, 0.2) is 6.07 Å². The molecule has 76 valence electrons. The summed E-state index contributed by atoms with van der Waals surface area (Å²) >= 11 is 5.34. The lowest BCUT2D eigenvalue weighted by atomic mass is 10.3. The number of hydrogen-bond donors (Lipinski definition) is 1. The Hall–Kier alpha value is -1.50. The van der Waals surface area contributed by atoms with Gasteiger partial charge in [0.15, 0.2) is 0 Å². The Morgan fingerprint density at radius 1 is 1.64 bits per heavy atom. The smallest absolute Gasteiger partial charge is 0.312 e. The summed E-state index contributed by atoms with van der Waals surface area (Å²) in [4.78, 5) is 12.6. The Bertz CT molecular complexity index is 386. The normalized spacial score (nSPS) is 10.6. The molecule has 0 radical (unpaired) electrons. The van der Waals surface area contributed by atoms with Gasteiger partial charge in [0, 0.05) is 6.07 Å². The first-order valence-corrected chi connectivity index (χ1v) is 3.69. The van der Waals surface area contributed by atoms with E-state index in [0.717, 1.165) is 6.07 Å². The molecule has 1 rings (SSSR count). The van der Waals surface area contributed by atoms with Crippen LogP contribution in [0.25, 0.3) is 0 Å². The van der Waals surface area contributed by atoms with Gasteiger partial charge in [0.2, 0.25) is 5.82 Å². The Morgan fingerprint density at radius 3 is 2.64 bits per heavy atom. The molecule has 0 aliphatic heterocycles. The van der Waals surface area contributed by atoms with Gasteiger partial charge in [-0.2, -0.15) is 0 Å². The lowest BCUT2D eigenvalue weighted by Crippen LogP contribution is -2.02. The fourth-order valence-electron chi connectivity index (χ4n) is 0.808. The van der Waals surface area contributed by atoms with Crippen molar-refractivity contribution in [2.24, 2.45) is 0 Å². The van der Waals surface area contributed by atoms with Crippen LogP contribution in [0.3, 0.4) is 0 Å². The number of nitrogens with two attached hydrogens (primary N) is 1. The molecule has 0 fully saturated rings. The molecule has 0 bridgehead atoms. The van der Waals surface area contributed by atoms with Crippen molar-refractivity contribution in [3.63, 3.8) is 0 Å². The number of anilines is 1. The topological polar surface area (TPSA) is 82.0 Å². The molecule has 0 atom stereocenters. The van der Waals surface area contributed by atoms with Crippen LogP contribution < -0.4 is 5.73 Å². The van der Waals surface area contributed by atoms with E-state index >= 15 is 0 Å². The van der Waals surface area contributed by atoms with E-state index in [2.05, 4.69) is 4.98 Å². The lowest BCUT2D eigenvalue weighted by molar-refractivity contribution is -0.384. The molecule has 2 N–H and O–H groups in total. The predicted octanol–water partition coefficient (Wildman–Crippen LogP) is 2.16. The maximum atomic E-state index is 12.2. The molecular weight excluding hydrogens is 220 g/mol. The third-order valence-electron chi connectivity index (χ3n) is 1.41. The van der Waals surface area contributed by atoms with Gasteiger partial charge in [0.05, 0.1) is 9.95 Å². The van der Waals surface area contributed by atoms with Gasteiger partial charge in [-0.05, 0) is 0 Å². The summed E-state index contributed by atoms with van der Waals surface area (Å²) < 4.78 is 24.3. The van der Waals surface area contributed by atoms with Crippen molar-refractivity contribution < 1.29 is 13.7 Å². The van der Waals surface area contributed by atoms with Crippen molar-refractivity contribution >= 4 is 23.1 Å². The number of hydrogen-bond acceptors (Lipinski definition) is 4. The van der Waals surface area contributed by atoms with E-state index in [4.69, 9.17) is 17.3 Å². The first-order valence-electron chi connectivity index (χ1n) is 3.32. The summed E-state index contributed by atoms with van der Waals surface area (Å²) in [6.45, 7) is 0. The van der Waals surface area contributed by atoms with Gasteiger partial charge < -0.3 is 5.73 Å². The molecule has 0 saturated carbocycles. The molecular formula is C6H4ClF2N3O2. The fraction of sp³-hybridized carbons (Fsp3) is 0.167. The van der Waals surface area contributed by atoms with E-state index in [1.807, 2.05) is 0 Å². The monoisotopic (exact) mass is 223 g/mol. The zero-order chi connectivity index (χ0) is 10.9. The molecule has 0 aliphatic rings. The van der Waals surface area contributed by atoms with Gasteiger partial charge in [-0.25, -0.2) is 13.8 Å². The SMILES string of the molecule is Nc1nc(C(F)F)c(Cl)cc1[N+](=O)[O-]. The highest BCUT2D eigenvalue weighted by Crippen LogP contribution is 2.31. The van der Waals surface area contributed by atoms with Crippen LogP contribution >= 0.6 is 11.6 Å². The third-order valence-corrected chi connectivity index (χ3v) is 1.72. The molecule has 14 heavy (non-hydrogen) atoms. The molecule has 1 aromatic rings. The molecule has 0 unspecified atom stereocenters. The summed E-state index contributed by atoms with van der Waals surface area (Å²) in [7, 11) is 0. The Labute approximate surface area is 81.6 Å². The van der Waals surface area contributed by atoms with Crippen molar-refractivity contribution in [3.05, 3.63) is 26.9 Å². The number of alkyl halides is 2. The molecule has 0 aliphatic carbocycles. The van der Waals surface area contributed by atoms with Gasteiger partial charge in [-0.15, -0.1) is 0 Å². The standard InChI is InChI=1S/C6H4ClF2N3O2/c7-2-1-3(12(13)14)6(10)11-4(2)5(8)9/h1,5H,(H2,10,11). The Morgan fingerprint density at radius 2 is 2.21 bits per heavy atom. The van der Waals surface area contributed by atoms with Crippen LogP contribution in [-0.4, -0.2) is 9.91 Å². The van der Waals surface area contributed by atoms with E-state index in [9.17, 15) is 18.9 Å². The van der Waals surface area contributed by atoms with Gasteiger partial charge >= 0.3 is 5.69 Å². The van der Waals surface area contributed by atoms with E-state index in [1.54, 1.807) is 0 Å². The van der Waals surface area contributed by atoms with Crippen LogP contribution in [0.5, 0.6) is 0 Å². The number of nitrogen functional groups attached to an aromatic ring is 1. The maximum Gasteiger partial charge on any atom is 0.312 e. The summed E-state index contributed by atoms with van der Waals surface area (Å²) in [5.41, 5.74) is 3.75. The van der Waals surface area contributed by atoms with E-state index in [1.165, 1.54) is 0 Å². The van der Waals surface area contributed by atoms with E-state index in [-0.39, 0.29) is 0 Å². The van der Waals surface area contributed by atoms with E-state index < -0.39 is 33.6 Å². The predicted molar refractivity (Wildman–Crippen MR) is 45.3 cm³/mol. The largest absolute Gasteiger partial charge is 0.378 e. The number of rotatable bonds is 2. The fourth-order valence-corrected chi connectivity index (χ4v) is 1.04. The van der Waals surface area contributed by atoms with Crippen molar-refractivity contribution in [1.29, 1.82) is 0 Å². The number of nitrogens with zero attached hydrogens (tertiary/aromatic N) is 2. The minimum atomic E-state index is -2.91. The lowest BCUT2D eigenvalue weighted by Gasteiger charge is -2.03. The minimum Gasteiger partial charge on any atom is -0.378 e. The van der Waals surface area contributed by atoms with Crippen molar-refractivity contribution in [2.75, 3.05) is 5.73 Å². The van der Waals surface area contributed by atoms with Gasteiger partial charge in [-0.1, -0.05) is 11.6 Å². The Kier molecular flexibility index (Phi) is 2.80. The first kappa shape index (κ1) is 10.6. The highest BCUT2D eigenvalue weighted by atomic mass is 35.5. The maximum absolute atomic E-state index is 12.2. The third kappa shape index (κ3) is 1.87. The van der Waals surface area contributed by atoms with Gasteiger partial charge in [0.1, 0.15) is 5.69 Å². The van der Waals surface area contributed by atoms with Crippen LogP contribution in [-0.2, 0) is 0 Å². The second kappa shape index (κ2) is 3.70. The van der Waals surface area contributed by atoms with Crippen LogP contribution in [0, 0.1) is 10.1 Å². The molecule has 1 aromatic heterocycles. The minimum absolute atomic E-state index is 0.471.